The van der Waals surface area contributed by atoms with E-state index in [1.807, 2.05) is 6.20 Å². The third-order valence-corrected chi connectivity index (χ3v) is 8.00. The highest BCUT2D eigenvalue weighted by Crippen LogP contribution is 2.39. The number of sulfonamides is 1. The van der Waals surface area contributed by atoms with Gasteiger partial charge in [-0.25, -0.2) is 13.1 Å². The van der Waals surface area contributed by atoms with Gasteiger partial charge in [-0.3, -0.25) is 4.79 Å². The Morgan fingerprint density at radius 1 is 1.03 bits per heavy atom. The molecular weight excluding hydrogens is 420 g/mol. The van der Waals surface area contributed by atoms with Crippen LogP contribution >= 0.6 is 0 Å². The number of aryl methyl sites for hydroxylation is 1. The summed E-state index contributed by atoms with van der Waals surface area (Å²) in [5.41, 5.74) is 3.56. The molecule has 12 heteroatoms. The Hall–Kier alpha value is -3.12. The average molecular weight is 440 g/mol. The third kappa shape index (κ3) is 2.97. The normalized spacial score (nSPS) is 19.0. The molecular formula is C19H20N8O3S. The molecule has 0 saturated carbocycles. The molecule has 0 radical (unpaired) electrons. The lowest BCUT2D eigenvalue weighted by Gasteiger charge is -2.37. The van der Waals surface area contributed by atoms with Gasteiger partial charge in [0.25, 0.3) is 0 Å². The molecule has 3 aromatic rings. The quantitative estimate of drug-likeness (QED) is 0.548. The largest absolute Gasteiger partial charge is 0.312 e. The smallest absolute Gasteiger partial charge is 0.243 e. The lowest BCUT2D eigenvalue weighted by molar-refractivity contribution is -0.118. The van der Waals surface area contributed by atoms with E-state index in [1.54, 1.807) is 34.1 Å². The lowest BCUT2D eigenvalue weighted by Crippen LogP contribution is -2.50. The fraction of sp³-hybridized carbons (Fsp3) is 0.421. The molecule has 1 saturated heterocycles. The molecule has 11 nitrogen and oxygen atoms in total. The number of anilines is 1. The van der Waals surface area contributed by atoms with E-state index in [-0.39, 0.29) is 11.9 Å². The summed E-state index contributed by atoms with van der Waals surface area (Å²) in [6.07, 6.45) is 6.74. The maximum atomic E-state index is 13.2. The van der Waals surface area contributed by atoms with Crippen molar-refractivity contribution < 1.29 is 13.2 Å². The summed E-state index contributed by atoms with van der Waals surface area (Å²) >= 11 is 0. The molecule has 6 rings (SSSR count). The number of benzene rings is 1. The average Bonchev–Trinajstić information content (AvgIpc) is 3.46. The molecule has 31 heavy (non-hydrogen) atoms. The SMILES string of the molecule is O=C1CCc2cc(S(=O)(=O)N3CC(n4cc(Cn5nccn5)nn4)C3)cc3c2N1CC3. The van der Waals surface area contributed by atoms with E-state index in [1.165, 1.54) is 9.10 Å². The maximum Gasteiger partial charge on any atom is 0.243 e. The van der Waals surface area contributed by atoms with Gasteiger partial charge in [-0.05, 0) is 36.1 Å². The third-order valence-electron chi connectivity index (χ3n) is 6.19. The fourth-order valence-corrected chi connectivity index (χ4v) is 6.16. The first-order valence-electron chi connectivity index (χ1n) is 10.2. The van der Waals surface area contributed by atoms with E-state index in [2.05, 4.69) is 20.5 Å². The predicted octanol–water partition coefficient (Wildman–Crippen LogP) is -0.00120. The maximum absolute atomic E-state index is 13.2. The van der Waals surface area contributed by atoms with Crippen LogP contribution < -0.4 is 4.90 Å². The molecule has 1 amide bonds. The molecule has 3 aliphatic heterocycles. The zero-order valence-electron chi connectivity index (χ0n) is 16.6. The number of hydrogen-bond donors (Lipinski definition) is 0. The minimum absolute atomic E-state index is 0.0532. The van der Waals surface area contributed by atoms with E-state index in [0.717, 1.165) is 16.8 Å². The summed E-state index contributed by atoms with van der Waals surface area (Å²) in [5.74, 6) is 0.128. The standard InChI is InChI=1S/C19H20N8O3S/c28-18-2-1-13-7-17(8-14-3-6-25(18)19(13)14)31(29,30)24-11-16(12-24)26-9-15(22-23-26)10-27-20-4-5-21-27/h4-5,7-9,16H,1-3,6,10-12H2. The number of amides is 1. The number of hydrogen-bond acceptors (Lipinski definition) is 7. The molecule has 0 spiro atoms. The van der Waals surface area contributed by atoms with Crippen molar-refractivity contribution in [1.29, 1.82) is 0 Å². The van der Waals surface area contributed by atoms with Crippen LogP contribution in [0.5, 0.6) is 0 Å². The highest BCUT2D eigenvalue weighted by molar-refractivity contribution is 7.89. The number of aromatic nitrogens is 6. The van der Waals surface area contributed by atoms with E-state index >= 15 is 0 Å². The first-order valence-corrected chi connectivity index (χ1v) is 11.6. The van der Waals surface area contributed by atoms with Crippen molar-refractivity contribution in [3.8, 4) is 0 Å². The zero-order chi connectivity index (χ0) is 21.2. The highest BCUT2D eigenvalue weighted by atomic mass is 32.2. The van der Waals surface area contributed by atoms with E-state index < -0.39 is 10.0 Å². The Morgan fingerprint density at radius 3 is 2.55 bits per heavy atom. The lowest BCUT2D eigenvalue weighted by atomic mass is 10.00. The van der Waals surface area contributed by atoms with Gasteiger partial charge in [0.1, 0.15) is 12.2 Å². The van der Waals surface area contributed by atoms with Gasteiger partial charge in [0.2, 0.25) is 15.9 Å². The highest BCUT2D eigenvalue weighted by Gasteiger charge is 2.40. The van der Waals surface area contributed by atoms with Crippen molar-refractivity contribution in [1.82, 2.24) is 34.3 Å². The predicted molar refractivity (Wildman–Crippen MR) is 108 cm³/mol. The van der Waals surface area contributed by atoms with Gasteiger partial charge in [0.15, 0.2) is 0 Å². The van der Waals surface area contributed by atoms with Gasteiger partial charge < -0.3 is 4.90 Å². The second kappa shape index (κ2) is 6.69. The van der Waals surface area contributed by atoms with Crippen molar-refractivity contribution in [2.75, 3.05) is 24.5 Å². The molecule has 0 N–H and O–H groups in total. The summed E-state index contributed by atoms with van der Waals surface area (Å²) in [5, 5.41) is 16.4. The molecule has 0 unspecified atom stereocenters. The van der Waals surface area contributed by atoms with Gasteiger partial charge in [0.05, 0.1) is 35.2 Å². The minimum Gasteiger partial charge on any atom is -0.312 e. The number of carbonyl (C=O) groups excluding carboxylic acids is 1. The summed E-state index contributed by atoms with van der Waals surface area (Å²) < 4.78 is 29.6. The molecule has 1 fully saturated rings. The summed E-state index contributed by atoms with van der Waals surface area (Å²) in [6.45, 7) is 1.75. The Kier molecular flexibility index (Phi) is 4.02. The summed E-state index contributed by atoms with van der Waals surface area (Å²) in [7, 11) is -3.59. The Morgan fingerprint density at radius 2 is 1.77 bits per heavy atom. The molecule has 0 atom stereocenters. The van der Waals surface area contributed by atoms with Crippen LogP contribution in [0, 0.1) is 0 Å². The second-order valence-electron chi connectivity index (χ2n) is 8.11. The first kappa shape index (κ1) is 18.6. The Labute approximate surface area is 178 Å². The summed E-state index contributed by atoms with van der Waals surface area (Å²) in [6, 6.07) is 3.43. The van der Waals surface area contributed by atoms with Crippen molar-refractivity contribution >= 4 is 21.6 Å². The molecule has 3 aliphatic rings. The second-order valence-corrected chi connectivity index (χ2v) is 10.0. The van der Waals surface area contributed by atoms with E-state index in [0.29, 0.717) is 56.0 Å². The molecule has 160 valence electrons. The van der Waals surface area contributed by atoms with Crippen LogP contribution in [0.1, 0.15) is 29.3 Å². The number of rotatable bonds is 5. The first-order chi connectivity index (χ1) is 15.0. The van der Waals surface area contributed by atoms with Crippen LogP contribution in [-0.4, -0.2) is 68.3 Å². The van der Waals surface area contributed by atoms with Crippen molar-refractivity contribution in [2.45, 2.75) is 36.7 Å². The van der Waals surface area contributed by atoms with E-state index in [4.69, 9.17) is 0 Å². The fourth-order valence-electron chi connectivity index (χ4n) is 4.54. The number of nitrogens with zero attached hydrogens (tertiary/aromatic N) is 8. The van der Waals surface area contributed by atoms with Crippen LogP contribution in [0.2, 0.25) is 0 Å². The Balaban J connectivity index is 1.19. The van der Waals surface area contributed by atoms with Gasteiger partial charge in [-0.2, -0.15) is 19.3 Å². The molecule has 1 aromatic carbocycles. The topological polar surface area (TPSA) is 119 Å². The van der Waals surface area contributed by atoms with Gasteiger partial charge in [0, 0.05) is 26.1 Å². The molecule has 0 aliphatic carbocycles. The monoisotopic (exact) mass is 440 g/mol. The van der Waals surface area contributed by atoms with Gasteiger partial charge in [-0.1, -0.05) is 5.21 Å². The van der Waals surface area contributed by atoms with Crippen LogP contribution in [0.15, 0.2) is 35.6 Å². The molecule has 2 aromatic heterocycles. The molecule has 0 bridgehead atoms. The van der Waals surface area contributed by atoms with Gasteiger partial charge in [-0.15, -0.1) is 5.10 Å². The zero-order valence-corrected chi connectivity index (χ0v) is 17.4. The number of carbonyl (C=O) groups is 1. The Bertz CT molecular complexity index is 1280. The van der Waals surface area contributed by atoms with Crippen LogP contribution in [0.25, 0.3) is 0 Å². The molecule has 5 heterocycles. The van der Waals surface area contributed by atoms with Crippen LogP contribution in [0.3, 0.4) is 0 Å². The van der Waals surface area contributed by atoms with Gasteiger partial charge >= 0.3 is 0 Å². The van der Waals surface area contributed by atoms with Crippen LogP contribution in [-0.2, 0) is 34.2 Å². The van der Waals surface area contributed by atoms with E-state index in [9.17, 15) is 13.2 Å². The van der Waals surface area contributed by atoms with Crippen molar-refractivity contribution in [3.05, 3.63) is 47.5 Å². The summed E-state index contributed by atoms with van der Waals surface area (Å²) in [4.78, 5) is 15.7. The van der Waals surface area contributed by atoms with Crippen molar-refractivity contribution in [3.63, 3.8) is 0 Å². The van der Waals surface area contributed by atoms with Crippen molar-refractivity contribution in [2.24, 2.45) is 0 Å². The minimum atomic E-state index is -3.59. The van der Waals surface area contributed by atoms with Crippen LogP contribution in [0.4, 0.5) is 5.69 Å².